The van der Waals surface area contributed by atoms with Gasteiger partial charge in [-0.15, -0.1) is 0 Å². The van der Waals surface area contributed by atoms with E-state index in [9.17, 15) is 9.18 Å². The molecule has 1 aromatic carbocycles. The van der Waals surface area contributed by atoms with Crippen LogP contribution in [0.25, 0.3) is 22.2 Å². The highest BCUT2D eigenvalue weighted by Crippen LogP contribution is 2.29. The van der Waals surface area contributed by atoms with Gasteiger partial charge in [-0.1, -0.05) is 0 Å². The standard InChI is InChI=1S/C16H12FN3O/c1-9-10(16(18)21)6-8-20-15(9)12-4-5-13-11(14(12)17)3-2-7-19-13/h2-8H,1H3,(H2,18,21). The number of hydrogen-bond donors (Lipinski definition) is 1. The summed E-state index contributed by atoms with van der Waals surface area (Å²) in [7, 11) is 0. The van der Waals surface area contributed by atoms with E-state index >= 15 is 0 Å². The van der Waals surface area contributed by atoms with Gasteiger partial charge in [-0.2, -0.15) is 0 Å². The van der Waals surface area contributed by atoms with E-state index in [2.05, 4.69) is 9.97 Å². The second-order valence-electron chi connectivity index (χ2n) is 4.69. The molecule has 4 nitrogen and oxygen atoms in total. The molecular weight excluding hydrogens is 269 g/mol. The van der Waals surface area contributed by atoms with Gasteiger partial charge in [0.2, 0.25) is 5.91 Å². The lowest BCUT2D eigenvalue weighted by molar-refractivity contribution is 0.0999. The van der Waals surface area contributed by atoms with Gasteiger partial charge in [-0.3, -0.25) is 14.8 Å². The molecule has 0 spiro atoms. The molecule has 0 fully saturated rings. The minimum absolute atomic E-state index is 0.330. The lowest BCUT2D eigenvalue weighted by Gasteiger charge is -2.10. The number of nitrogens with two attached hydrogens (primary N) is 1. The Morgan fingerprint density at radius 1 is 1.14 bits per heavy atom. The van der Waals surface area contributed by atoms with Crippen molar-refractivity contribution in [3.05, 3.63) is 59.7 Å². The third kappa shape index (κ3) is 2.12. The fourth-order valence-electron chi connectivity index (χ4n) is 2.37. The first kappa shape index (κ1) is 13.2. The molecule has 3 aromatic rings. The molecule has 1 amide bonds. The number of carbonyl (C=O) groups is 1. The Balaban J connectivity index is 2.29. The van der Waals surface area contributed by atoms with Crippen molar-refractivity contribution >= 4 is 16.8 Å². The van der Waals surface area contributed by atoms with E-state index in [1.165, 1.54) is 12.3 Å². The lowest BCUT2D eigenvalue weighted by Crippen LogP contribution is -2.13. The van der Waals surface area contributed by atoms with E-state index in [0.29, 0.717) is 33.3 Å². The maximum Gasteiger partial charge on any atom is 0.249 e. The molecule has 0 bridgehead atoms. The van der Waals surface area contributed by atoms with Gasteiger partial charge in [-0.25, -0.2) is 4.39 Å². The van der Waals surface area contributed by atoms with E-state index in [1.54, 1.807) is 37.4 Å². The third-order valence-corrected chi connectivity index (χ3v) is 3.44. The summed E-state index contributed by atoms with van der Waals surface area (Å²) in [5, 5.41) is 0.417. The first-order valence-corrected chi connectivity index (χ1v) is 6.38. The van der Waals surface area contributed by atoms with Crippen molar-refractivity contribution in [1.82, 2.24) is 9.97 Å². The van der Waals surface area contributed by atoms with E-state index in [1.807, 2.05) is 0 Å². The van der Waals surface area contributed by atoms with Gasteiger partial charge in [-0.05, 0) is 42.8 Å². The summed E-state index contributed by atoms with van der Waals surface area (Å²) in [5.41, 5.74) is 7.53. The zero-order valence-corrected chi connectivity index (χ0v) is 11.3. The number of aromatic nitrogens is 2. The zero-order chi connectivity index (χ0) is 15.0. The number of pyridine rings is 2. The molecule has 0 atom stereocenters. The van der Waals surface area contributed by atoms with Crippen molar-refractivity contribution in [3.63, 3.8) is 0 Å². The van der Waals surface area contributed by atoms with Crippen LogP contribution in [0.4, 0.5) is 4.39 Å². The van der Waals surface area contributed by atoms with Gasteiger partial charge in [0.25, 0.3) is 0 Å². The number of benzene rings is 1. The molecule has 2 N–H and O–H groups in total. The van der Waals surface area contributed by atoms with Crippen molar-refractivity contribution in [1.29, 1.82) is 0 Å². The van der Waals surface area contributed by atoms with Gasteiger partial charge in [0, 0.05) is 28.9 Å². The normalized spacial score (nSPS) is 10.8. The molecule has 0 saturated heterocycles. The second kappa shape index (κ2) is 4.94. The average Bonchev–Trinajstić information content (AvgIpc) is 2.48. The Morgan fingerprint density at radius 2 is 1.95 bits per heavy atom. The van der Waals surface area contributed by atoms with Crippen LogP contribution in [-0.2, 0) is 0 Å². The molecule has 2 aromatic heterocycles. The first-order valence-electron chi connectivity index (χ1n) is 6.38. The Hall–Kier alpha value is -2.82. The minimum atomic E-state index is -0.556. The summed E-state index contributed by atoms with van der Waals surface area (Å²) < 4.78 is 14.7. The maximum absolute atomic E-state index is 14.7. The summed E-state index contributed by atoms with van der Waals surface area (Å²) in [6.45, 7) is 1.70. The van der Waals surface area contributed by atoms with Gasteiger partial charge in [0.1, 0.15) is 5.82 Å². The topological polar surface area (TPSA) is 68.9 Å². The van der Waals surface area contributed by atoms with Gasteiger partial charge < -0.3 is 5.73 Å². The minimum Gasteiger partial charge on any atom is -0.366 e. The monoisotopic (exact) mass is 281 g/mol. The summed E-state index contributed by atoms with van der Waals surface area (Å²) in [4.78, 5) is 19.7. The predicted octanol–water partition coefficient (Wildman–Crippen LogP) is 2.84. The number of nitrogens with zero attached hydrogens (tertiary/aromatic N) is 2. The number of halogens is 1. The Bertz CT molecular complexity index is 861. The second-order valence-corrected chi connectivity index (χ2v) is 4.69. The average molecular weight is 281 g/mol. The maximum atomic E-state index is 14.7. The van der Waals surface area contributed by atoms with Gasteiger partial charge >= 0.3 is 0 Å². The smallest absolute Gasteiger partial charge is 0.249 e. The van der Waals surface area contributed by atoms with E-state index in [4.69, 9.17) is 5.73 Å². The van der Waals surface area contributed by atoms with Crippen molar-refractivity contribution in [2.75, 3.05) is 0 Å². The zero-order valence-electron chi connectivity index (χ0n) is 11.3. The van der Waals surface area contributed by atoms with Crippen LogP contribution in [0.3, 0.4) is 0 Å². The van der Waals surface area contributed by atoms with Gasteiger partial charge in [0.05, 0.1) is 11.2 Å². The third-order valence-electron chi connectivity index (χ3n) is 3.44. The number of rotatable bonds is 2. The first-order chi connectivity index (χ1) is 10.1. The predicted molar refractivity (Wildman–Crippen MR) is 78.2 cm³/mol. The highest BCUT2D eigenvalue weighted by molar-refractivity contribution is 5.96. The van der Waals surface area contributed by atoms with E-state index < -0.39 is 11.7 Å². The number of primary amides is 1. The molecule has 104 valence electrons. The molecule has 0 aliphatic rings. The fourth-order valence-corrected chi connectivity index (χ4v) is 2.37. The van der Waals surface area contributed by atoms with Crippen LogP contribution in [0.15, 0.2) is 42.7 Å². The highest BCUT2D eigenvalue weighted by atomic mass is 19.1. The molecule has 2 heterocycles. The summed E-state index contributed by atoms with van der Waals surface area (Å²) in [6, 6.07) is 8.21. The Morgan fingerprint density at radius 3 is 2.71 bits per heavy atom. The van der Waals surface area contributed by atoms with E-state index in [-0.39, 0.29) is 0 Å². The number of hydrogen-bond acceptors (Lipinski definition) is 3. The van der Waals surface area contributed by atoms with Crippen LogP contribution >= 0.6 is 0 Å². The van der Waals surface area contributed by atoms with Crippen molar-refractivity contribution in [2.45, 2.75) is 6.92 Å². The quantitative estimate of drug-likeness (QED) is 0.785. The Labute approximate surface area is 120 Å². The van der Waals surface area contributed by atoms with Crippen LogP contribution in [0.5, 0.6) is 0 Å². The summed E-state index contributed by atoms with van der Waals surface area (Å²) >= 11 is 0. The molecule has 21 heavy (non-hydrogen) atoms. The summed E-state index contributed by atoms with van der Waals surface area (Å²) in [6.07, 6.45) is 3.06. The van der Waals surface area contributed by atoms with Crippen molar-refractivity contribution in [2.24, 2.45) is 5.73 Å². The van der Waals surface area contributed by atoms with Crippen LogP contribution < -0.4 is 5.73 Å². The molecular formula is C16H12FN3O. The summed E-state index contributed by atoms with van der Waals surface area (Å²) in [5.74, 6) is -0.961. The SMILES string of the molecule is Cc1c(C(N)=O)ccnc1-c1ccc2ncccc2c1F. The van der Waals surface area contributed by atoms with Crippen LogP contribution in [0.1, 0.15) is 15.9 Å². The molecule has 5 heteroatoms. The fraction of sp³-hybridized carbons (Fsp3) is 0.0625. The van der Waals surface area contributed by atoms with Crippen molar-refractivity contribution < 1.29 is 9.18 Å². The molecule has 0 aliphatic carbocycles. The molecule has 0 aliphatic heterocycles. The lowest BCUT2D eigenvalue weighted by atomic mass is 10.00. The van der Waals surface area contributed by atoms with Crippen LogP contribution in [0, 0.1) is 12.7 Å². The molecule has 0 saturated carbocycles. The molecule has 3 rings (SSSR count). The number of amides is 1. The van der Waals surface area contributed by atoms with Gasteiger partial charge in [0.15, 0.2) is 0 Å². The molecule has 0 radical (unpaired) electrons. The highest BCUT2D eigenvalue weighted by Gasteiger charge is 2.16. The van der Waals surface area contributed by atoms with Crippen molar-refractivity contribution in [3.8, 4) is 11.3 Å². The van der Waals surface area contributed by atoms with E-state index in [0.717, 1.165) is 0 Å². The largest absolute Gasteiger partial charge is 0.366 e. The number of carbonyl (C=O) groups excluding carboxylic acids is 1. The van der Waals surface area contributed by atoms with Crippen LogP contribution in [0.2, 0.25) is 0 Å². The van der Waals surface area contributed by atoms with Crippen LogP contribution in [-0.4, -0.2) is 15.9 Å². The number of fused-ring (bicyclic) bond motifs is 1. The Kier molecular flexibility index (Phi) is 3.10. The molecule has 0 unspecified atom stereocenters.